The number of benzene rings is 1. The van der Waals surface area contributed by atoms with Gasteiger partial charge in [-0.05, 0) is 36.4 Å². The van der Waals surface area contributed by atoms with Crippen LogP contribution in [0.1, 0.15) is 10.6 Å². The second-order valence-corrected chi connectivity index (χ2v) is 4.83. The average Bonchev–Trinajstić information content (AvgIpc) is 2.77. The molecule has 0 saturated carbocycles. The Kier molecular flexibility index (Phi) is 4.94. The number of furan rings is 1. The zero-order valence-electron chi connectivity index (χ0n) is 9.86. The summed E-state index contributed by atoms with van der Waals surface area (Å²) in [6.45, 7) is 0. The SMILES string of the molecule is O=C(O)c1ccc(-c2ccc(S(=O)(=O)[O-])cc2)o1.[Na+]. The molecule has 0 bridgehead atoms. The van der Waals surface area contributed by atoms with Crippen molar-refractivity contribution in [2.75, 3.05) is 0 Å². The number of carboxylic acids is 1. The molecule has 0 amide bonds. The van der Waals surface area contributed by atoms with Crippen LogP contribution >= 0.6 is 0 Å². The van der Waals surface area contributed by atoms with E-state index in [1.165, 1.54) is 24.3 Å². The number of aromatic carboxylic acids is 1. The summed E-state index contributed by atoms with van der Waals surface area (Å²) in [5, 5.41) is 8.68. The van der Waals surface area contributed by atoms with Crippen LogP contribution in [0.15, 0.2) is 45.7 Å². The van der Waals surface area contributed by atoms with Gasteiger partial charge in [0.2, 0.25) is 5.76 Å². The van der Waals surface area contributed by atoms with E-state index < -0.39 is 16.1 Å². The second kappa shape index (κ2) is 5.89. The topological polar surface area (TPSA) is 108 Å². The summed E-state index contributed by atoms with van der Waals surface area (Å²) >= 11 is 0. The third-order valence-corrected chi connectivity index (χ3v) is 3.09. The van der Waals surface area contributed by atoms with E-state index in [4.69, 9.17) is 9.52 Å². The van der Waals surface area contributed by atoms with E-state index in [2.05, 4.69) is 0 Å². The summed E-state index contributed by atoms with van der Waals surface area (Å²) in [5.41, 5.74) is 0.481. The summed E-state index contributed by atoms with van der Waals surface area (Å²) in [6.07, 6.45) is 0. The third kappa shape index (κ3) is 3.68. The molecule has 19 heavy (non-hydrogen) atoms. The molecule has 94 valence electrons. The van der Waals surface area contributed by atoms with Gasteiger partial charge in [-0.25, -0.2) is 13.2 Å². The molecule has 2 rings (SSSR count). The first-order valence-corrected chi connectivity index (χ1v) is 6.18. The van der Waals surface area contributed by atoms with Gasteiger partial charge < -0.3 is 14.1 Å². The number of hydrogen-bond acceptors (Lipinski definition) is 5. The Bertz CT molecular complexity index is 686. The van der Waals surface area contributed by atoms with Crippen LogP contribution in [-0.4, -0.2) is 24.0 Å². The van der Waals surface area contributed by atoms with Crippen LogP contribution in [0.3, 0.4) is 0 Å². The molecule has 0 atom stereocenters. The van der Waals surface area contributed by atoms with E-state index in [1.54, 1.807) is 0 Å². The van der Waals surface area contributed by atoms with Crippen molar-refractivity contribution in [3.63, 3.8) is 0 Å². The van der Waals surface area contributed by atoms with Crippen molar-refractivity contribution in [3.8, 4) is 11.3 Å². The Balaban J connectivity index is 0.00000180. The Hall–Kier alpha value is -1.12. The number of carbonyl (C=O) groups is 1. The Morgan fingerprint density at radius 1 is 1.11 bits per heavy atom. The molecule has 1 aromatic carbocycles. The monoisotopic (exact) mass is 290 g/mol. The first-order valence-electron chi connectivity index (χ1n) is 4.77. The normalized spacial score (nSPS) is 10.8. The van der Waals surface area contributed by atoms with Gasteiger partial charge in [0.1, 0.15) is 15.9 Å². The predicted octanol–water partition coefficient (Wildman–Crippen LogP) is -1.45. The van der Waals surface area contributed by atoms with Gasteiger partial charge in [-0.1, -0.05) is 0 Å². The molecule has 1 heterocycles. The van der Waals surface area contributed by atoms with E-state index in [9.17, 15) is 17.8 Å². The van der Waals surface area contributed by atoms with E-state index in [0.717, 1.165) is 12.1 Å². The van der Waals surface area contributed by atoms with Crippen LogP contribution in [0, 0.1) is 0 Å². The third-order valence-electron chi connectivity index (χ3n) is 2.24. The van der Waals surface area contributed by atoms with Gasteiger partial charge in [0, 0.05) is 5.56 Å². The summed E-state index contributed by atoms with van der Waals surface area (Å²) in [7, 11) is -4.48. The second-order valence-electron chi connectivity index (χ2n) is 3.45. The molecule has 0 radical (unpaired) electrons. The maximum Gasteiger partial charge on any atom is 1.00 e. The molecule has 0 aliphatic heterocycles. The minimum Gasteiger partial charge on any atom is -0.744 e. The standard InChI is InChI=1S/C11H8O6S.Na/c12-11(13)10-6-5-9(17-10)7-1-3-8(4-2-7)18(14,15)16;/h1-6H,(H,12,13)(H,14,15,16);/q;+1/p-1. The molecular weight excluding hydrogens is 283 g/mol. The van der Waals surface area contributed by atoms with Crippen molar-refractivity contribution in [1.29, 1.82) is 0 Å². The minimum atomic E-state index is -4.48. The predicted molar refractivity (Wildman–Crippen MR) is 59.1 cm³/mol. The molecule has 0 unspecified atom stereocenters. The van der Waals surface area contributed by atoms with E-state index in [-0.39, 0.29) is 46.0 Å². The van der Waals surface area contributed by atoms with Crippen molar-refractivity contribution in [1.82, 2.24) is 0 Å². The molecule has 0 aliphatic rings. The van der Waals surface area contributed by atoms with Gasteiger partial charge >= 0.3 is 35.5 Å². The van der Waals surface area contributed by atoms with Crippen molar-refractivity contribution in [3.05, 3.63) is 42.2 Å². The van der Waals surface area contributed by atoms with Gasteiger partial charge in [0.05, 0.1) is 4.90 Å². The maximum atomic E-state index is 10.7. The number of hydrogen-bond donors (Lipinski definition) is 1. The van der Waals surface area contributed by atoms with Crippen LogP contribution in [0.25, 0.3) is 11.3 Å². The Morgan fingerprint density at radius 2 is 1.68 bits per heavy atom. The van der Waals surface area contributed by atoms with Crippen molar-refractivity contribution in [2.45, 2.75) is 4.90 Å². The van der Waals surface area contributed by atoms with Gasteiger partial charge in [-0.15, -0.1) is 0 Å². The summed E-state index contributed by atoms with van der Waals surface area (Å²) in [6, 6.07) is 7.76. The quantitative estimate of drug-likeness (QED) is 0.547. The summed E-state index contributed by atoms with van der Waals surface area (Å²) < 4.78 is 37.2. The Labute approximate surface area is 131 Å². The van der Waals surface area contributed by atoms with Crippen LogP contribution in [-0.2, 0) is 10.1 Å². The number of carboxylic acid groups (broad SMARTS) is 1. The van der Waals surface area contributed by atoms with Crippen molar-refractivity contribution in [2.24, 2.45) is 0 Å². The minimum absolute atomic E-state index is 0. The van der Waals surface area contributed by atoms with Crippen LogP contribution in [0.5, 0.6) is 0 Å². The van der Waals surface area contributed by atoms with Crippen molar-refractivity contribution < 1.29 is 56.8 Å². The fourth-order valence-corrected chi connectivity index (χ4v) is 1.86. The zero-order valence-corrected chi connectivity index (χ0v) is 12.7. The first kappa shape index (κ1) is 15.9. The average molecular weight is 290 g/mol. The molecule has 1 N–H and O–H groups in total. The summed E-state index contributed by atoms with van der Waals surface area (Å²) in [4.78, 5) is 10.3. The fraction of sp³-hybridized carbons (Fsp3) is 0. The summed E-state index contributed by atoms with van der Waals surface area (Å²) in [5.74, 6) is -1.13. The molecule has 2 aromatic rings. The molecule has 0 saturated heterocycles. The van der Waals surface area contributed by atoms with Gasteiger partial charge in [0.25, 0.3) is 0 Å². The number of rotatable bonds is 3. The van der Waals surface area contributed by atoms with Crippen LogP contribution in [0.4, 0.5) is 0 Å². The van der Waals surface area contributed by atoms with E-state index in [0.29, 0.717) is 5.56 Å². The first-order chi connectivity index (χ1) is 8.38. The molecule has 8 heteroatoms. The molecular formula is C11H7NaO6S. The molecule has 6 nitrogen and oxygen atoms in total. The smallest absolute Gasteiger partial charge is 0.744 e. The van der Waals surface area contributed by atoms with Crippen LogP contribution in [0.2, 0.25) is 0 Å². The largest absolute Gasteiger partial charge is 1.00 e. The zero-order chi connectivity index (χ0) is 13.3. The fourth-order valence-electron chi connectivity index (χ4n) is 1.39. The van der Waals surface area contributed by atoms with E-state index in [1.807, 2.05) is 0 Å². The van der Waals surface area contributed by atoms with E-state index >= 15 is 0 Å². The Morgan fingerprint density at radius 3 is 2.11 bits per heavy atom. The van der Waals surface area contributed by atoms with Crippen molar-refractivity contribution >= 4 is 16.1 Å². The maximum absolute atomic E-state index is 10.7. The van der Waals surface area contributed by atoms with Gasteiger partial charge in [-0.3, -0.25) is 0 Å². The molecule has 0 aliphatic carbocycles. The molecule has 0 fully saturated rings. The molecule has 0 spiro atoms. The van der Waals surface area contributed by atoms with Crippen LogP contribution < -0.4 is 29.6 Å². The van der Waals surface area contributed by atoms with Gasteiger partial charge in [0.15, 0.2) is 0 Å². The molecule has 1 aromatic heterocycles. The van der Waals surface area contributed by atoms with Gasteiger partial charge in [-0.2, -0.15) is 0 Å².